The van der Waals surface area contributed by atoms with Gasteiger partial charge in [0, 0.05) is 4.47 Å². The molecule has 3 aromatic rings. The fourth-order valence-corrected chi connectivity index (χ4v) is 2.66. The second kappa shape index (κ2) is 9.77. The van der Waals surface area contributed by atoms with Gasteiger partial charge in [0.15, 0.2) is 6.10 Å². The Bertz CT molecular complexity index is 1000. The van der Waals surface area contributed by atoms with Crippen LogP contribution < -0.4 is 10.2 Å². The number of amides is 1. The first-order valence-electron chi connectivity index (χ1n) is 8.66. The minimum absolute atomic E-state index is 0.388. The predicted molar refractivity (Wildman–Crippen MR) is 113 cm³/mol. The molecule has 29 heavy (non-hydrogen) atoms. The number of aliphatic hydroxyl groups is 1. The zero-order chi connectivity index (χ0) is 20.6. The van der Waals surface area contributed by atoms with Gasteiger partial charge in [-0.15, -0.1) is 0 Å². The highest BCUT2D eigenvalue weighted by Gasteiger charge is 2.15. The van der Waals surface area contributed by atoms with Crippen LogP contribution in [0.4, 0.5) is 0 Å². The number of carbonyl (C=O) groups excluding carboxylic acids is 2. The normalized spacial score (nSPS) is 11.8. The zero-order valence-corrected chi connectivity index (χ0v) is 16.7. The average Bonchev–Trinajstić information content (AvgIpc) is 2.75. The van der Waals surface area contributed by atoms with E-state index in [-0.39, 0.29) is 0 Å². The number of benzene rings is 3. The van der Waals surface area contributed by atoms with Gasteiger partial charge in [-0.2, -0.15) is 5.10 Å². The minimum atomic E-state index is -1.30. The number of esters is 1. The van der Waals surface area contributed by atoms with Crippen LogP contribution >= 0.6 is 15.9 Å². The lowest BCUT2D eigenvalue weighted by molar-refractivity contribution is -0.129. The molecule has 0 aromatic heterocycles. The molecule has 1 amide bonds. The number of rotatable bonds is 6. The van der Waals surface area contributed by atoms with Crippen molar-refractivity contribution in [3.05, 3.63) is 100 Å². The van der Waals surface area contributed by atoms with E-state index in [1.165, 1.54) is 6.21 Å². The first-order valence-corrected chi connectivity index (χ1v) is 9.46. The second-order valence-electron chi connectivity index (χ2n) is 6.01. The summed E-state index contributed by atoms with van der Waals surface area (Å²) >= 11 is 3.31. The molecule has 0 radical (unpaired) electrons. The summed E-state index contributed by atoms with van der Waals surface area (Å²) in [4.78, 5) is 24.0. The number of hydrogen-bond acceptors (Lipinski definition) is 5. The zero-order valence-electron chi connectivity index (χ0n) is 15.2. The molecule has 6 nitrogen and oxygen atoms in total. The van der Waals surface area contributed by atoms with Gasteiger partial charge < -0.3 is 9.84 Å². The lowest BCUT2D eigenvalue weighted by Crippen LogP contribution is -2.25. The van der Waals surface area contributed by atoms with Crippen molar-refractivity contribution in [1.29, 1.82) is 0 Å². The summed E-state index contributed by atoms with van der Waals surface area (Å²) in [5, 5.41) is 13.8. The van der Waals surface area contributed by atoms with Crippen molar-refractivity contribution in [2.75, 3.05) is 0 Å². The molecule has 0 aliphatic rings. The number of halogens is 1. The highest BCUT2D eigenvalue weighted by Crippen LogP contribution is 2.16. The number of hydrazone groups is 1. The van der Waals surface area contributed by atoms with Gasteiger partial charge in [0.25, 0.3) is 5.91 Å². The summed E-state index contributed by atoms with van der Waals surface area (Å²) < 4.78 is 6.19. The molecule has 3 aromatic carbocycles. The molecule has 0 saturated carbocycles. The molecule has 0 aliphatic carbocycles. The maximum atomic E-state index is 12.1. The van der Waals surface area contributed by atoms with Crippen molar-refractivity contribution in [3.63, 3.8) is 0 Å². The Morgan fingerprint density at radius 3 is 2.28 bits per heavy atom. The Kier molecular flexibility index (Phi) is 6.89. The number of carbonyl (C=O) groups is 2. The van der Waals surface area contributed by atoms with Gasteiger partial charge in [-0.1, -0.05) is 46.3 Å². The van der Waals surface area contributed by atoms with Crippen LogP contribution in [0.1, 0.15) is 27.6 Å². The maximum absolute atomic E-state index is 12.1. The largest absolute Gasteiger partial charge is 0.423 e. The van der Waals surface area contributed by atoms with E-state index in [2.05, 4.69) is 26.5 Å². The standard InChI is InChI=1S/C22H17BrN2O4/c23-18-10-8-17(9-11-18)22(28)29-19-12-6-15(7-13-19)14-24-25-21(27)20(26)16-4-2-1-3-5-16/h1-14,20,26H,(H,25,27)/t20-/m0/s1. The third-order valence-electron chi connectivity index (χ3n) is 3.92. The molecule has 0 heterocycles. The SMILES string of the molecule is O=C(Oc1ccc(C=NNC(=O)[C@@H](O)c2ccccc2)cc1)c1ccc(Br)cc1. The highest BCUT2D eigenvalue weighted by molar-refractivity contribution is 9.10. The van der Waals surface area contributed by atoms with E-state index in [1.807, 2.05) is 0 Å². The first kappa shape index (κ1) is 20.4. The number of ether oxygens (including phenoxy) is 1. The van der Waals surface area contributed by atoms with Gasteiger partial charge in [0.1, 0.15) is 5.75 Å². The number of hydrogen-bond donors (Lipinski definition) is 2. The molecule has 0 fully saturated rings. The summed E-state index contributed by atoms with van der Waals surface area (Å²) in [5.41, 5.74) is 3.90. The lowest BCUT2D eigenvalue weighted by Gasteiger charge is -2.08. The third kappa shape index (κ3) is 5.84. The van der Waals surface area contributed by atoms with E-state index in [0.29, 0.717) is 22.4 Å². The number of nitrogens with zero attached hydrogens (tertiary/aromatic N) is 1. The Balaban J connectivity index is 1.54. The average molecular weight is 453 g/mol. The van der Waals surface area contributed by atoms with E-state index in [4.69, 9.17) is 4.74 Å². The fraction of sp³-hybridized carbons (Fsp3) is 0.0455. The van der Waals surface area contributed by atoms with Gasteiger partial charge in [-0.05, 0) is 59.7 Å². The molecule has 0 saturated heterocycles. The van der Waals surface area contributed by atoms with E-state index in [9.17, 15) is 14.7 Å². The minimum Gasteiger partial charge on any atom is -0.423 e. The smallest absolute Gasteiger partial charge is 0.343 e. The van der Waals surface area contributed by atoms with Crippen LogP contribution in [0, 0.1) is 0 Å². The highest BCUT2D eigenvalue weighted by atomic mass is 79.9. The summed E-state index contributed by atoms with van der Waals surface area (Å²) in [6, 6.07) is 22.1. The van der Waals surface area contributed by atoms with Crippen molar-refractivity contribution >= 4 is 34.0 Å². The van der Waals surface area contributed by atoms with Crippen molar-refractivity contribution in [2.45, 2.75) is 6.10 Å². The van der Waals surface area contributed by atoms with Crippen molar-refractivity contribution in [2.24, 2.45) is 5.10 Å². The Morgan fingerprint density at radius 1 is 0.966 bits per heavy atom. The third-order valence-corrected chi connectivity index (χ3v) is 4.45. The molecule has 3 rings (SSSR count). The number of nitrogens with one attached hydrogen (secondary N) is 1. The van der Waals surface area contributed by atoms with Gasteiger partial charge in [0.05, 0.1) is 11.8 Å². The van der Waals surface area contributed by atoms with Crippen LogP contribution in [-0.4, -0.2) is 23.2 Å². The molecule has 0 spiro atoms. The van der Waals surface area contributed by atoms with Gasteiger partial charge >= 0.3 is 5.97 Å². The molecule has 0 aliphatic heterocycles. The van der Waals surface area contributed by atoms with Crippen molar-refractivity contribution in [1.82, 2.24) is 5.43 Å². The Hall–Kier alpha value is -3.29. The topological polar surface area (TPSA) is 88.0 Å². The van der Waals surface area contributed by atoms with Gasteiger partial charge in [-0.25, -0.2) is 10.2 Å². The van der Waals surface area contributed by atoms with E-state index < -0.39 is 18.0 Å². The van der Waals surface area contributed by atoms with E-state index in [0.717, 1.165) is 4.47 Å². The summed E-state index contributed by atoms with van der Waals surface area (Å²) in [5.74, 6) is -0.702. The molecule has 0 unspecified atom stereocenters. The first-order chi connectivity index (χ1) is 14.0. The molecular formula is C22H17BrN2O4. The van der Waals surface area contributed by atoms with Crippen molar-refractivity contribution < 1.29 is 19.4 Å². The van der Waals surface area contributed by atoms with Gasteiger partial charge in [0.2, 0.25) is 0 Å². The maximum Gasteiger partial charge on any atom is 0.343 e. The number of aliphatic hydroxyl groups excluding tert-OH is 1. The summed E-state index contributed by atoms with van der Waals surface area (Å²) in [6.45, 7) is 0. The monoisotopic (exact) mass is 452 g/mol. The molecule has 2 N–H and O–H groups in total. The van der Waals surface area contributed by atoms with Crippen LogP contribution in [0.15, 0.2) is 88.4 Å². The quantitative estimate of drug-likeness (QED) is 0.257. The summed E-state index contributed by atoms with van der Waals surface area (Å²) in [7, 11) is 0. The van der Waals surface area contributed by atoms with Crippen LogP contribution in [0.5, 0.6) is 5.75 Å². The molecule has 0 bridgehead atoms. The van der Waals surface area contributed by atoms with Crippen LogP contribution in [0.2, 0.25) is 0 Å². The molecule has 146 valence electrons. The van der Waals surface area contributed by atoms with Crippen LogP contribution in [-0.2, 0) is 4.79 Å². The second-order valence-corrected chi connectivity index (χ2v) is 6.93. The Labute approximate surface area is 176 Å². The molecule has 7 heteroatoms. The van der Waals surface area contributed by atoms with E-state index >= 15 is 0 Å². The van der Waals surface area contributed by atoms with Gasteiger partial charge in [-0.3, -0.25) is 4.79 Å². The molecule has 1 atom stereocenters. The molecular weight excluding hydrogens is 436 g/mol. The summed E-state index contributed by atoms with van der Waals surface area (Å²) in [6.07, 6.45) is 0.129. The van der Waals surface area contributed by atoms with E-state index in [1.54, 1.807) is 78.9 Å². The fourth-order valence-electron chi connectivity index (χ4n) is 2.39. The lowest BCUT2D eigenvalue weighted by atomic mass is 10.1. The van der Waals surface area contributed by atoms with Crippen LogP contribution in [0.3, 0.4) is 0 Å². The van der Waals surface area contributed by atoms with Crippen LogP contribution in [0.25, 0.3) is 0 Å². The predicted octanol–water partition coefficient (Wildman–Crippen LogP) is 3.85. The Morgan fingerprint density at radius 2 is 1.62 bits per heavy atom. The van der Waals surface area contributed by atoms with Crippen molar-refractivity contribution in [3.8, 4) is 5.75 Å².